The highest BCUT2D eigenvalue weighted by atomic mass is 32.2. The summed E-state index contributed by atoms with van der Waals surface area (Å²) in [7, 11) is 0. The number of amides is 1. The van der Waals surface area contributed by atoms with Crippen molar-refractivity contribution in [2.45, 2.75) is 12.1 Å². The van der Waals surface area contributed by atoms with Crippen LogP contribution in [0, 0.1) is 6.92 Å². The van der Waals surface area contributed by atoms with Gasteiger partial charge in [0.25, 0.3) is 5.91 Å². The first-order valence-corrected chi connectivity index (χ1v) is 10.0. The Morgan fingerprint density at radius 1 is 1.17 bits per heavy atom. The van der Waals surface area contributed by atoms with Gasteiger partial charge in [-0.15, -0.1) is 10.2 Å². The number of nitrogens with zero attached hydrogens (tertiary/aromatic N) is 4. The minimum atomic E-state index is -0.332. The van der Waals surface area contributed by atoms with Gasteiger partial charge in [0, 0.05) is 5.69 Å². The van der Waals surface area contributed by atoms with Gasteiger partial charge in [0.2, 0.25) is 5.43 Å². The highest BCUT2D eigenvalue weighted by Gasteiger charge is 2.13. The van der Waals surface area contributed by atoms with Crippen LogP contribution in [0.2, 0.25) is 0 Å². The van der Waals surface area contributed by atoms with E-state index < -0.39 is 0 Å². The highest BCUT2D eigenvalue weighted by Crippen LogP contribution is 2.21. The average molecular weight is 419 g/mol. The van der Waals surface area contributed by atoms with Gasteiger partial charge in [0.15, 0.2) is 5.16 Å². The predicted octanol–water partition coefficient (Wildman–Crippen LogP) is 2.92. The molecule has 2 heterocycles. The van der Waals surface area contributed by atoms with E-state index in [2.05, 4.69) is 20.7 Å². The van der Waals surface area contributed by atoms with Crippen LogP contribution in [0.1, 0.15) is 11.4 Å². The fourth-order valence-corrected chi connectivity index (χ4v) is 3.62. The van der Waals surface area contributed by atoms with Crippen LogP contribution >= 0.6 is 11.8 Å². The Bertz CT molecular complexity index is 1280. The lowest BCUT2D eigenvalue weighted by Crippen LogP contribution is -2.20. The summed E-state index contributed by atoms with van der Waals surface area (Å²) in [5, 5.41) is 13.2. The van der Waals surface area contributed by atoms with Gasteiger partial charge in [-0.3, -0.25) is 14.2 Å². The van der Waals surface area contributed by atoms with Crippen LogP contribution in [-0.4, -0.2) is 32.6 Å². The van der Waals surface area contributed by atoms with Crippen LogP contribution in [-0.2, 0) is 4.79 Å². The maximum atomic E-state index is 12.4. The van der Waals surface area contributed by atoms with Crippen molar-refractivity contribution in [1.29, 1.82) is 0 Å². The third kappa shape index (κ3) is 4.15. The number of aromatic nitrogens is 3. The molecule has 0 atom stereocenters. The molecule has 4 rings (SSSR count). The number of fused-ring (bicyclic) bond motifs is 1. The van der Waals surface area contributed by atoms with Gasteiger partial charge >= 0.3 is 0 Å². The molecule has 4 aromatic rings. The Morgan fingerprint density at radius 2 is 1.93 bits per heavy atom. The Kier molecular flexibility index (Phi) is 5.71. The number of aryl methyl sites for hydroxylation is 1. The minimum Gasteiger partial charge on any atom is -0.463 e. The fraction of sp³-hybridized carbons (Fsp3) is 0.0952. The van der Waals surface area contributed by atoms with Gasteiger partial charge in [0.05, 0.1) is 22.9 Å². The van der Waals surface area contributed by atoms with Gasteiger partial charge in [-0.25, -0.2) is 5.43 Å². The smallest absolute Gasteiger partial charge is 0.250 e. The zero-order chi connectivity index (χ0) is 20.9. The first kappa shape index (κ1) is 19.6. The van der Waals surface area contributed by atoms with E-state index in [9.17, 15) is 9.59 Å². The number of rotatable bonds is 6. The summed E-state index contributed by atoms with van der Waals surface area (Å²) in [4.78, 5) is 24.6. The fourth-order valence-electron chi connectivity index (χ4n) is 2.83. The summed E-state index contributed by atoms with van der Waals surface area (Å²) in [5.74, 6) is 0.487. The predicted molar refractivity (Wildman–Crippen MR) is 115 cm³/mol. The first-order chi connectivity index (χ1) is 14.6. The topological polar surface area (TPSA) is 102 Å². The van der Waals surface area contributed by atoms with Crippen LogP contribution in [0.15, 0.2) is 80.3 Å². The number of nitrogens with one attached hydrogen (secondary N) is 1. The third-order valence-corrected chi connectivity index (χ3v) is 5.17. The maximum absolute atomic E-state index is 12.4. The SMILES string of the molecule is Cc1nnc(SCC(=O)NN=Cc2coc3ccccc3c2=O)n1-c1ccccc1. The summed E-state index contributed by atoms with van der Waals surface area (Å²) >= 11 is 1.25. The van der Waals surface area contributed by atoms with Crippen LogP contribution < -0.4 is 10.9 Å². The van der Waals surface area contributed by atoms with Crippen molar-refractivity contribution < 1.29 is 9.21 Å². The van der Waals surface area contributed by atoms with E-state index in [1.54, 1.807) is 24.3 Å². The van der Waals surface area contributed by atoms with Crippen molar-refractivity contribution >= 4 is 34.9 Å². The molecule has 0 aliphatic rings. The number of benzene rings is 2. The second-order valence-electron chi connectivity index (χ2n) is 6.30. The first-order valence-electron chi connectivity index (χ1n) is 9.06. The summed E-state index contributed by atoms with van der Waals surface area (Å²) in [6.07, 6.45) is 2.59. The lowest BCUT2D eigenvalue weighted by atomic mass is 10.2. The average Bonchev–Trinajstić information content (AvgIpc) is 3.15. The standard InChI is InChI=1S/C21H17N5O3S/c1-14-23-25-21(26(14)16-7-3-2-4-8-16)30-13-19(27)24-22-11-15-12-29-18-10-6-5-9-17(18)20(15)28/h2-12H,13H2,1H3,(H,24,27). The molecule has 0 aliphatic carbocycles. The summed E-state index contributed by atoms with van der Waals surface area (Å²) in [6.45, 7) is 1.85. The number of hydrogen-bond donors (Lipinski definition) is 1. The van der Waals surface area contributed by atoms with Crippen molar-refractivity contribution in [1.82, 2.24) is 20.2 Å². The molecule has 9 heteroatoms. The largest absolute Gasteiger partial charge is 0.463 e. The molecular weight excluding hydrogens is 402 g/mol. The van der Waals surface area contributed by atoms with E-state index in [4.69, 9.17) is 4.42 Å². The van der Waals surface area contributed by atoms with Crippen LogP contribution in [0.25, 0.3) is 16.7 Å². The maximum Gasteiger partial charge on any atom is 0.250 e. The quantitative estimate of drug-likeness (QED) is 0.293. The number of para-hydroxylation sites is 2. The number of hydrazone groups is 1. The molecule has 0 spiro atoms. The van der Waals surface area contributed by atoms with Crippen molar-refractivity contribution in [3.63, 3.8) is 0 Å². The molecule has 0 bridgehead atoms. The molecule has 0 saturated heterocycles. The monoisotopic (exact) mass is 419 g/mol. The van der Waals surface area contributed by atoms with Crippen molar-refractivity contribution in [3.05, 3.63) is 82.5 Å². The number of carbonyl (C=O) groups excluding carboxylic acids is 1. The van der Waals surface area contributed by atoms with E-state index in [0.29, 0.717) is 16.1 Å². The molecule has 2 aromatic carbocycles. The molecule has 1 amide bonds. The Labute approximate surface area is 175 Å². The van der Waals surface area contributed by atoms with Gasteiger partial charge in [-0.05, 0) is 31.2 Å². The summed E-state index contributed by atoms with van der Waals surface area (Å²) < 4.78 is 7.29. The molecule has 0 radical (unpaired) electrons. The Morgan fingerprint density at radius 3 is 2.77 bits per heavy atom. The van der Waals surface area contributed by atoms with Crippen LogP contribution in [0.4, 0.5) is 0 Å². The second kappa shape index (κ2) is 8.75. The highest BCUT2D eigenvalue weighted by molar-refractivity contribution is 7.99. The van der Waals surface area contributed by atoms with E-state index in [-0.39, 0.29) is 22.7 Å². The summed E-state index contributed by atoms with van der Waals surface area (Å²) in [5.41, 5.74) is 3.87. The van der Waals surface area contributed by atoms with E-state index in [0.717, 1.165) is 11.5 Å². The van der Waals surface area contributed by atoms with Crippen molar-refractivity contribution in [2.75, 3.05) is 5.75 Å². The van der Waals surface area contributed by atoms with Gasteiger partial charge < -0.3 is 4.42 Å². The molecule has 2 aromatic heterocycles. The van der Waals surface area contributed by atoms with Crippen molar-refractivity contribution in [3.8, 4) is 5.69 Å². The molecule has 30 heavy (non-hydrogen) atoms. The zero-order valence-electron chi connectivity index (χ0n) is 16.0. The minimum absolute atomic E-state index is 0.0919. The molecule has 1 N–H and O–H groups in total. The third-order valence-electron chi connectivity index (χ3n) is 4.24. The van der Waals surface area contributed by atoms with Crippen LogP contribution in [0.3, 0.4) is 0 Å². The molecular formula is C21H17N5O3S. The van der Waals surface area contributed by atoms with E-state index in [1.807, 2.05) is 41.8 Å². The lowest BCUT2D eigenvalue weighted by molar-refractivity contribution is -0.118. The van der Waals surface area contributed by atoms with E-state index in [1.165, 1.54) is 24.2 Å². The molecule has 0 fully saturated rings. The van der Waals surface area contributed by atoms with Gasteiger partial charge in [0.1, 0.15) is 17.7 Å². The normalized spacial score (nSPS) is 11.2. The van der Waals surface area contributed by atoms with Gasteiger partial charge in [-0.1, -0.05) is 42.1 Å². The Hall–Kier alpha value is -3.72. The molecule has 0 unspecified atom stereocenters. The number of hydrogen-bond acceptors (Lipinski definition) is 7. The van der Waals surface area contributed by atoms with E-state index >= 15 is 0 Å². The molecule has 0 saturated carbocycles. The number of thioether (sulfide) groups is 1. The van der Waals surface area contributed by atoms with Crippen molar-refractivity contribution in [2.24, 2.45) is 5.10 Å². The molecule has 150 valence electrons. The van der Waals surface area contributed by atoms with Crippen LogP contribution in [0.5, 0.6) is 0 Å². The summed E-state index contributed by atoms with van der Waals surface area (Å²) in [6, 6.07) is 16.6. The lowest BCUT2D eigenvalue weighted by Gasteiger charge is -2.07. The molecule has 0 aliphatic heterocycles. The van der Waals surface area contributed by atoms with Gasteiger partial charge in [-0.2, -0.15) is 5.10 Å². The zero-order valence-corrected chi connectivity index (χ0v) is 16.8. The number of carbonyl (C=O) groups is 1. The Balaban J connectivity index is 1.40. The second-order valence-corrected chi connectivity index (χ2v) is 7.24. The molecule has 8 nitrogen and oxygen atoms in total.